The van der Waals surface area contributed by atoms with Crippen molar-refractivity contribution in [2.75, 3.05) is 0 Å². The Hall–Kier alpha value is -2.66. The number of fused-ring (bicyclic) bond motifs is 1. The van der Waals surface area contributed by atoms with Crippen molar-refractivity contribution in [1.82, 2.24) is 5.01 Å². The summed E-state index contributed by atoms with van der Waals surface area (Å²) in [6, 6.07) is 8.90. The molecule has 1 saturated carbocycles. The van der Waals surface area contributed by atoms with Crippen molar-refractivity contribution < 1.29 is 17.4 Å². The highest BCUT2D eigenvalue weighted by Crippen LogP contribution is 2.39. The van der Waals surface area contributed by atoms with E-state index in [1.165, 1.54) is 53.5 Å². The van der Waals surface area contributed by atoms with Crippen LogP contribution in [0.2, 0.25) is 10.0 Å². The van der Waals surface area contributed by atoms with Crippen molar-refractivity contribution in [2.24, 2.45) is 16.0 Å². The summed E-state index contributed by atoms with van der Waals surface area (Å²) in [5.74, 6) is -0.734. The molecule has 5 rings (SSSR count). The zero-order valence-corrected chi connectivity index (χ0v) is 22.8. The fourth-order valence-corrected chi connectivity index (χ4v) is 6.94. The molecule has 0 aromatic heterocycles. The van der Waals surface area contributed by atoms with Crippen LogP contribution in [0.3, 0.4) is 0 Å². The molecule has 2 aromatic carbocycles. The van der Waals surface area contributed by atoms with Crippen LogP contribution in [0.1, 0.15) is 43.2 Å². The summed E-state index contributed by atoms with van der Waals surface area (Å²) in [5.41, 5.74) is 0.912. The van der Waals surface area contributed by atoms with E-state index in [4.69, 9.17) is 32.8 Å². The number of hydrazone groups is 1. The molecule has 192 valence electrons. The number of carbonyl (C=O) groups is 1. The lowest BCUT2D eigenvalue weighted by atomic mass is 9.90. The Labute approximate surface area is 229 Å². The summed E-state index contributed by atoms with van der Waals surface area (Å²) in [5, 5.41) is 15.9. The first-order valence-electron chi connectivity index (χ1n) is 11.6. The van der Waals surface area contributed by atoms with E-state index < -0.39 is 16.0 Å². The van der Waals surface area contributed by atoms with Crippen LogP contribution in [0.15, 0.2) is 57.0 Å². The first-order chi connectivity index (χ1) is 17.6. The Balaban J connectivity index is 1.50. The van der Waals surface area contributed by atoms with Gasteiger partial charge < -0.3 is 4.18 Å². The number of carbonyl (C=O) groups excluding carboxylic acids is 1. The van der Waals surface area contributed by atoms with E-state index in [2.05, 4.69) is 10.1 Å². The average molecular weight is 578 g/mol. The van der Waals surface area contributed by atoms with E-state index in [1.54, 1.807) is 12.1 Å². The number of hydrogen-bond acceptors (Lipinski definition) is 7. The summed E-state index contributed by atoms with van der Waals surface area (Å²) in [4.78, 5) is 17.0. The van der Waals surface area contributed by atoms with Crippen molar-refractivity contribution in [3.8, 4) is 5.75 Å². The Morgan fingerprint density at radius 2 is 1.84 bits per heavy atom. The quantitative estimate of drug-likeness (QED) is 0.331. The van der Waals surface area contributed by atoms with Crippen LogP contribution >= 0.6 is 35.0 Å². The standard InChI is InChI=1S/C25H22Cl2N4O4S2/c1-14-7-9-18(10-8-14)37(33,34)35-21-16(11-17(26)13-20(21)27)12-19-22(28)31-25(29-23(19)32)36-24(30-31)15-5-3-2-4-6-15/h7-13,15,28H,2-6H2,1H3/b19-12-,28-22?. The predicted octanol–water partition coefficient (Wildman–Crippen LogP) is 6.27. The monoisotopic (exact) mass is 576 g/mol. The Morgan fingerprint density at radius 3 is 2.54 bits per heavy atom. The molecule has 1 amide bonds. The highest BCUT2D eigenvalue weighted by atomic mass is 35.5. The van der Waals surface area contributed by atoms with Crippen LogP contribution in [0, 0.1) is 18.3 Å². The second-order valence-electron chi connectivity index (χ2n) is 8.95. The second-order valence-corrected chi connectivity index (χ2v) is 12.3. The molecule has 2 aromatic rings. The van der Waals surface area contributed by atoms with E-state index in [-0.39, 0.29) is 37.7 Å². The van der Waals surface area contributed by atoms with Crippen molar-refractivity contribution in [2.45, 2.75) is 43.9 Å². The van der Waals surface area contributed by atoms with Crippen LogP contribution in [-0.4, -0.2) is 35.4 Å². The normalized spacial score (nSPS) is 19.6. The van der Waals surface area contributed by atoms with Gasteiger partial charge in [0.15, 0.2) is 11.6 Å². The van der Waals surface area contributed by atoms with E-state index in [0.29, 0.717) is 11.1 Å². The lowest BCUT2D eigenvalue weighted by Gasteiger charge is -2.20. The molecule has 12 heteroatoms. The first-order valence-corrected chi connectivity index (χ1v) is 14.6. The van der Waals surface area contributed by atoms with Gasteiger partial charge in [-0.1, -0.05) is 60.2 Å². The molecule has 37 heavy (non-hydrogen) atoms. The average Bonchev–Trinajstić information content (AvgIpc) is 3.29. The number of amidine groups is 2. The highest BCUT2D eigenvalue weighted by Gasteiger charge is 2.38. The molecule has 1 aliphatic carbocycles. The van der Waals surface area contributed by atoms with Gasteiger partial charge in [0, 0.05) is 16.5 Å². The van der Waals surface area contributed by atoms with Crippen LogP contribution in [0.4, 0.5) is 0 Å². The number of rotatable bonds is 5. The Morgan fingerprint density at radius 1 is 1.14 bits per heavy atom. The van der Waals surface area contributed by atoms with Crippen LogP contribution in [0.25, 0.3) is 6.08 Å². The van der Waals surface area contributed by atoms with Crippen LogP contribution in [0.5, 0.6) is 5.75 Å². The molecule has 0 unspecified atom stereocenters. The number of aryl methyl sites for hydroxylation is 1. The van der Waals surface area contributed by atoms with E-state index >= 15 is 0 Å². The van der Waals surface area contributed by atoms with Crippen molar-refractivity contribution in [3.63, 3.8) is 0 Å². The fourth-order valence-electron chi connectivity index (χ4n) is 4.32. The van der Waals surface area contributed by atoms with Crippen molar-refractivity contribution >= 4 is 73.1 Å². The maximum Gasteiger partial charge on any atom is 0.339 e. The van der Waals surface area contributed by atoms with Gasteiger partial charge in [0.1, 0.15) is 9.94 Å². The third-order valence-corrected chi connectivity index (χ3v) is 9.07. The number of nitrogens with zero attached hydrogens (tertiary/aromatic N) is 3. The van der Waals surface area contributed by atoms with Gasteiger partial charge in [-0.25, -0.2) is 0 Å². The third kappa shape index (κ3) is 5.34. The number of nitrogens with one attached hydrogen (secondary N) is 1. The summed E-state index contributed by atoms with van der Waals surface area (Å²) in [6.07, 6.45) is 6.81. The van der Waals surface area contributed by atoms with Gasteiger partial charge in [0.25, 0.3) is 5.91 Å². The maximum absolute atomic E-state index is 13.0. The maximum atomic E-state index is 13.0. The largest absolute Gasteiger partial charge is 0.377 e. The van der Waals surface area contributed by atoms with Gasteiger partial charge in [-0.2, -0.15) is 23.5 Å². The van der Waals surface area contributed by atoms with Gasteiger partial charge in [0.2, 0.25) is 5.17 Å². The molecule has 1 fully saturated rings. The number of hydrogen-bond donors (Lipinski definition) is 1. The topological polar surface area (TPSA) is 112 Å². The van der Waals surface area contributed by atoms with Gasteiger partial charge >= 0.3 is 10.1 Å². The summed E-state index contributed by atoms with van der Waals surface area (Å²) < 4.78 is 31.3. The lowest BCUT2D eigenvalue weighted by molar-refractivity contribution is -0.114. The molecule has 2 aliphatic heterocycles. The highest BCUT2D eigenvalue weighted by molar-refractivity contribution is 8.27. The summed E-state index contributed by atoms with van der Waals surface area (Å²) in [6.45, 7) is 1.84. The second kappa shape index (κ2) is 10.2. The Kier molecular flexibility index (Phi) is 7.19. The molecule has 3 aliphatic rings. The number of thioether (sulfide) groups is 1. The summed E-state index contributed by atoms with van der Waals surface area (Å²) >= 11 is 13.8. The molecule has 0 radical (unpaired) electrons. The van der Waals surface area contributed by atoms with Crippen molar-refractivity contribution in [3.05, 3.63) is 63.1 Å². The molecule has 0 atom stereocenters. The van der Waals surface area contributed by atoms with Gasteiger partial charge in [0.05, 0.1) is 10.6 Å². The molecule has 1 N–H and O–H groups in total. The minimum absolute atomic E-state index is 0.0582. The lowest BCUT2D eigenvalue weighted by Crippen LogP contribution is -2.35. The smallest absolute Gasteiger partial charge is 0.339 e. The third-order valence-electron chi connectivity index (χ3n) is 6.26. The molecule has 0 saturated heterocycles. The number of halogens is 2. The molecule has 0 spiro atoms. The van der Waals surface area contributed by atoms with Gasteiger partial charge in [-0.05, 0) is 61.9 Å². The number of benzene rings is 2. The molecule has 8 nitrogen and oxygen atoms in total. The minimum Gasteiger partial charge on any atom is -0.377 e. The summed E-state index contributed by atoms with van der Waals surface area (Å²) in [7, 11) is -4.25. The molecule has 0 bridgehead atoms. The zero-order chi connectivity index (χ0) is 26.3. The molecule has 2 heterocycles. The predicted molar refractivity (Wildman–Crippen MR) is 147 cm³/mol. The van der Waals surface area contributed by atoms with E-state index in [0.717, 1.165) is 36.3 Å². The van der Waals surface area contributed by atoms with Crippen LogP contribution in [-0.2, 0) is 14.9 Å². The SMILES string of the molecule is Cc1ccc(S(=O)(=O)Oc2c(Cl)cc(Cl)cc2/C=C2/C(=N)N3N=C(C4CCCCC4)SC3=NC2=O)cc1. The van der Waals surface area contributed by atoms with Crippen molar-refractivity contribution in [1.29, 1.82) is 5.41 Å². The van der Waals surface area contributed by atoms with E-state index in [1.807, 2.05) is 6.92 Å². The van der Waals surface area contributed by atoms with E-state index in [9.17, 15) is 13.2 Å². The minimum atomic E-state index is -4.25. The fraction of sp³-hybridized carbons (Fsp3) is 0.280. The number of aliphatic imine (C=N–C) groups is 1. The number of amides is 1. The van der Waals surface area contributed by atoms with Gasteiger partial charge in [-0.3, -0.25) is 10.2 Å². The Bertz CT molecular complexity index is 1500. The van der Waals surface area contributed by atoms with Gasteiger partial charge in [-0.15, -0.1) is 0 Å². The van der Waals surface area contributed by atoms with Crippen LogP contribution < -0.4 is 4.18 Å². The molecular weight excluding hydrogens is 555 g/mol. The first kappa shape index (κ1) is 26.0. The zero-order valence-electron chi connectivity index (χ0n) is 19.7. The molecular formula is C25H22Cl2N4O4S2.